The predicted octanol–water partition coefficient (Wildman–Crippen LogP) is 0.621. The van der Waals surface area contributed by atoms with Crippen molar-refractivity contribution in [2.75, 3.05) is 26.7 Å². The normalized spacial score (nSPS) is 32.8. The first-order valence-corrected chi connectivity index (χ1v) is 5.99. The van der Waals surface area contributed by atoms with Gasteiger partial charge in [-0.15, -0.1) is 0 Å². The van der Waals surface area contributed by atoms with Crippen LogP contribution in [0.5, 0.6) is 0 Å². The van der Waals surface area contributed by atoms with Crippen LogP contribution < -0.4 is 5.32 Å². The number of hydrogen-bond donors (Lipinski definition) is 1. The van der Waals surface area contributed by atoms with E-state index in [-0.39, 0.29) is 0 Å². The second kappa shape index (κ2) is 4.86. The summed E-state index contributed by atoms with van der Waals surface area (Å²) in [6, 6.07) is 0.344. The van der Waals surface area contributed by atoms with Gasteiger partial charge in [0.2, 0.25) is 0 Å². The fourth-order valence-electron chi connectivity index (χ4n) is 2.43. The third-order valence-electron chi connectivity index (χ3n) is 3.44. The smallest absolute Gasteiger partial charge is 0.377 e. The lowest BCUT2D eigenvalue weighted by Gasteiger charge is -2.32. The third kappa shape index (κ3) is 2.93. The quantitative estimate of drug-likeness (QED) is 0.743. The maximum absolute atomic E-state index is 13.0. The Morgan fingerprint density at radius 2 is 2.35 bits per heavy atom. The minimum atomic E-state index is -3.30. The molecule has 17 heavy (non-hydrogen) atoms. The highest BCUT2D eigenvalue weighted by Gasteiger charge is 2.51. The zero-order valence-corrected chi connectivity index (χ0v) is 9.92. The van der Waals surface area contributed by atoms with Gasteiger partial charge in [-0.05, 0) is 26.4 Å². The molecule has 2 unspecified atom stereocenters. The lowest BCUT2D eigenvalue weighted by molar-refractivity contribution is -0.159. The van der Waals surface area contributed by atoms with E-state index in [0.717, 1.165) is 25.9 Å². The summed E-state index contributed by atoms with van der Waals surface area (Å²) >= 11 is 0. The van der Waals surface area contributed by atoms with Crippen molar-refractivity contribution in [3.63, 3.8) is 0 Å². The molecule has 0 aromatic carbocycles. The number of carbonyl (C=O) groups excluding carboxylic acids is 1. The first-order valence-electron chi connectivity index (χ1n) is 5.99. The van der Waals surface area contributed by atoms with Crippen molar-refractivity contribution < 1.29 is 18.3 Å². The number of esters is 1. The molecule has 0 aliphatic carbocycles. The van der Waals surface area contributed by atoms with Crippen molar-refractivity contribution in [3.8, 4) is 0 Å². The Labute approximate surface area is 99.3 Å². The van der Waals surface area contributed by atoms with E-state index >= 15 is 0 Å². The van der Waals surface area contributed by atoms with Crippen LogP contribution in [-0.4, -0.2) is 55.6 Å². The van der Waals surface area contributed by atoms with Gasteiger partial charge in [0.15, 0.2) is 0 Å². The Hall–Kier alpha value is -0.750. The van der Waals surface area contributed by atoms with E-state index in [4.69, 9.17) is 0 Å². The molecule has 1 N–H and O–H groups in total. The molecule has 0 aromatic heterocycles. The van der Waals surface area contributed by atoms with Gasteiger partial charge in [0, 0.05) is 19.1 Å². The fraction of sp³-hybridized carbons (Fsp3) is 0.909. The van der Waals surface area contributed by atoms with Crippen LogP contribution in [0, 0.1) is 0 Å². The molecule has 6 heteroatoms. The number of ether oxygens (including phenoxy) is 1. The monoisotopic (exact) mass is 248 g/mol. The molecule has 2 fully saturated rings. The Morgan fingerprint density at radius 1 is 1.59 bits per heavy atom. The molecule has 0 aromatic rings. The van der Waals surface area contributed by atoms with Gasteiger partial charge >= 0.3 is 11.9 Å². The molecule has 0 amide bonds. The van der Waals surface area contributed by atoms with E-state index in [2.05, 4.69) is 10.1 Å². The first-order chi connectivity index (χ1) is 7.99. The molecular weight excluding hydrogens is 230 g/mol. The van der Waals surface area contributed by atoms with E-state index in [1.54, 1.807) is 0 Å². The molecule has 0 radical (unpaired) electrons. The molecule has 0 bridgehead atoms. The lowest BCUT2D eigenvalue weighted by atomic mass is 10.1. The molecule has 2 aliphatic heterocycles. The standard InChI is InChI=1S/C11H18F2N2O2/c1-15(8-3-2-4-14-6-8)7-9-5-11(12,13)10(16)17-9/h8-9,14H,2-7H2,1H3. The summed E-state index contributed by atoms with van der Waals surface area (Å²) in [6.45, 7) is 2.27. The number of carbonyl (C=O) groups is 1. The summed E-state index contributed by atoms with van der Waals surface area (Å²) < 4.78 is 30.6. The summed E-state index contributed by atoms with van der Waals surface area (Å²) in [6.07, 6.45) is 0.983. The molecular formula is C11H18F2N2O2. The zero-order chi connectivity index (χ0) is 12.5. The zero-order valence-electron chi connectivity index (χ0n) is 9.92. The number of alkyl halides is 2. The van der Waals surface area contributed by atoms with E-state index in [1.165, 1.54) is 0 Å². The van der Waals surface area contributed by atoms with Crippen LogP contribution in [-0.2, 0) is 9.53 Å². The van der Waals surface area contributed by atoms with Crippen LogP contribution in [0.1, 0.15) is 19.3 Å². The highest BCUT2D eigenvalue weighted by Crippen LogP contribution is 2.31. The van der Waals surface area contributed by atoms with E-state index in [1.807, 2.05) is 11.9 Å². The summed E-state index contributed by atoms with van der Waals surface area (Å²) in [4.78, 5) is 12.9. The number of cyclic esters (lactones) is 1. The Kier molecular flexibility index (Phi) is 3.63. The Balaban J connectivity index is 1.83. The number of halogens is 2. The van der Waals surface area contributed by atoms with Crippen molar-refractivity contribution in [2.45, 2.75) is 37.3 Å². The van der Waals surface area contributed by atoms with Gasteiger partial charge in [0.1, 0.15) is 6.10 Å². The van der Waals surface area contributed by atoms with Crippen LogP contribution in [0.4, 0.5) is 8.78 Å². The number of rotatable bonds is 3. The molecule has 2 aliphatic rings. The number of hydrogen-bond acceptors (Lipinski definition) is 4. The van der Waals surface area contributed by atoms with Gasteiger partial charge in [-0.1, -0.05) is 0 Å². The van der Waals surface area contributed by atoms with E-state index in [9.17, 15) is 13.6 Å². The molecule has 98 valence electrons. The molecule has 2 saturated heterocycles. The average molecular weight is 248 g/mol. The van der Waals surface area contributed by atoms with Gasteiger partial charge < -0.3 is 10.1 Å². The van der Waals surface area contributed by atoms with Crippen LogP contribution in [0.15, 0.2) is 0 Å². The average Bonchev–Trinajstić information content (AvgIpc) is 2.53. The van der Waals surface area contributed by atoms with Crippen molar-refractivity contribution in [3.05, 3.63) is 0 Å². The number of likely N-dealkylation sites (N-methyl/N-ethyl adjacent to an activating group) is 1. The van der Waals surface area contributed by atoms with Gasteiger partial charge in [-0.3, -0.25) is 4.90 Å². The maximum atomic E-state index is 13.0. The third-order valence-corrected chi connectivity index (χ3v) is 3.44. The molecule has 0 saturated carbocycles. The van der Waals surface area contributed by atoms with E-state index in [0.29, 0.717) is 12.6 Å². The van der Waals surface area contributed by atoms with Crippen LogP contribution >= 0.6 is 0 Å². The highest BCUT2D eigenvalue weighted by atomic mass is 19.3. The number of nitrogens with zero attached hydrogens (tertiary/aromatic N) is 1. The van der Waals surface area contributed by atoms with Crippen LogP contribution in [0.3, 0.4) is 0 Å². The summed E-state index contributed by atoms with van der Waals surface area (Å²) in [7, 11) is 1.89. The Morgan fingerprint density at radius 3 is 2.88 bits per heavy atom. The van der Waals surface area contributed by atoms with Crippen molar-refractivity contribution in [1.29, 1.82) is 0 Å². The molecule has 2 rings (SSSR count). The predicted molar refractivity (Wildman–Crippen MR) is 58.0 cm³/mol. The second-order valence-corrected chi connectivity index (χ2v) is 4.88. The summed E-state index contributed by atoms with van der Waals surface area (Å²) in [5, 5.41) is 3.27. The van der Waals surface area contributed by atoms with Gasteiger partial charge in [0.05, 0.1) is 6.42 Å². The van der Waals surface area contributed by atoms with Crippen molar-refractivity contribution >= 4 is 5.97 Å². The molecule has 0 spiro atoms. The van der Waals surface area contributed by atoms with Gasteiger partial charge in [-0.25, -0.2) is 4.79 Å². The minimum absolute atomic E-state index is 0.344. The summed E-state index contributed by atoms with van der Waals surface area (Å²) in [5.41, 5.74) is 0. The number of nitrogens with one attached hydrogen (secondary N) is 1. The Bertz CT molecular complexity index is 293. The SMILES string of the molecule is CN(CC1CC(F)(F)C(=O)O1)C1CCCNC1. The lowest BCUT2D eigenvalue weighted by Crippen LogP contribution is -2.46. The fourth-order valence-corrected chi connectivity index (χ4v) is 2.43. The van der Waals surface area contributed by atoms with Crippen molar-refractivity contribution in [2.24, 2.45) is 0 Å². The summed E-state index contributed by atoms with van der Waals surface area (Å²) in [5.74, 6) is -4.67. The van der Waals surface area contributed by atoms with Crippen LogP contribution in [0.25, 0.3) is 0 Å². The topological polar surface area (TPSA) is 41.6 Å². The highest BCUT2D eigenvalue weighted by molar-refractivity contribution is 5.79. The largest absolute Gasteiger partial charge is 0.456 e. The molecule has 2 heterocycles. The molecule has 4 nitrogen and oxygen atoms in total. The van der Waals surface area contributed by atoms with E-state index < -0.39 is 24.4 Å². The van der Waals surface area contributed by atoms with Gasteiger partial charge in [-0.2, -0.15) is 8.78 Å². The molecule has 2 atom stereocenters. The number of piperidine rings is 1. The van der Waals surface area contributed by atoms with Crippen molar-refractivity contribution in [1.82, 2.24) is 10.2 Å². The minimum Gasteiger partial charge on any atom is -0.456 e. The first kappa shape index (κ1) is 12.7. The second-order valence-electron chi connectivity index (χ2n) is 4.88. The maximum Gasteiger partial charge on any atom is 0.377 e. The van der Waals surface area contributed by atoms with Gasteiger partial charge in [0.25, 0.3) is 0 Å². The van der Waals surface area contributed by atoms with Crippen LogP contribution in [0.2, 0.25) is 0 Å².